The van der Waals surface area contributed by atoms with E-state index in [0.717, 1.165) is 12.6 Å². The van der Waals surface area contributed by atoms with E-state index in [1.165, 1.54) is 13.1 Å². The van der Waals surface area contributed by atoms with Gasteiger partial charge in [0.2, 0.25) is 0 Å². The van der Waals surface area contributed by atoms with Crippen molar-refractivity contribution in [3.8, 4) is 0 Å². The molecule has 2 nitrogen and oxygen atoms in total. The fourth-order valence-corrected chi connectivity index (χ4v) is 1.79. The highest BCUT2D eigenvalue weighted by atomic mass is 127. The molecule has 8 heavy (non-hydrogen) atoms. The Kier molecular flexibility index (Phi) is 2.52. The van der Waals surface area contributed by atoms with E-state index in [-0.39, 0.29) is 0 Å². The lowest BCUT2D eigenvalue weighted by Crippen LogP contribution is -2.53. The first-order chi connectivity index (χ1) is 3.83. The van der Waals surface area contributed by atoms with E-state index in [1.54, 1.807) is 0 Å². The van der Waals surface area contributed by atoms with Gasteiger partial charge in [0.1, 0.15) is 0 Å². The molecule has 1 saturated heterocycles. The maximum atomic E-state index is 3.37. The molecule has 0 aromatic rings. The average Bonchev–Trinajstić information content (AvgIpc) is 1.64. The maximum Gasteiger partial charge on any atom is 0.0338 e. The van der Waals surface area contributed by atoms with Crippen LogP contribution in [0.3, 0.4) is 0 Å². The smallest absolute Gasteiger partial charge is 0.0338 e. The third-order valence-corrected chi connectivity index (χ3v) is 2.12. The first kappa shape index (κ1) is 6.77. The minimum absolute atomic E-state index is 0.775. The monoisotopic (exact) mass is 226 g/mol. The zero-order valence-corrected chi connectivity index (χ0v) is 7.18. The van der Waals surface area contributed by atoms with Gasteiger partial charge in [-0.25, -0.2) is 3.11 Å². The van der Waals surface area contributed by atoms with Gasteiger partial charge in [0.05, 0.1) is 0 Å². The molecule has 0 radical (unpaired) electrons. The zero-order chi connectivity index (χ0) is 5.98. The van der Waals surface area contributed by atoms with Gasteiger partial charge >= 0.3 is 0 Å². The molecule has 0 amide bonds. The minimum Gasteiger partial charge on any atom is -0.312 e. The number of likely N-dealkylation sites (N-methyl/N-ethyl adjacent to an activating group) is 1. The predicted octanol–water partition coefficient (Wildman–Crippen LogP) is 0.630. The Morgan fingerprint density at radius 3 is 2.75 bits per heavy atom. The lowest BCUT2D eigenvalue weighted by atomic mass is 10.2. The van der Waals surface area contributed by atoms with Gasteiger partial charge in [-0.1, -0.05) is 6.92 Å². The summed E-state index contributed by atoms with van der Waals surface area (Å²) in [5, 5.41) is 3.37. The van der Waals surface area contributed by atoms with Crippen molar-refractivity contribution in [2.24, 2.45) is 0 Å². The van der Waals surface area contributed by atoms with E-state index < -0.39 is 0 Å². The van der Waals surface area contributed by atoms with E-state index in [0.29, 0.717) is 0 Å². The van der Waals surface area contributed by atoms with Crippen molar-refractivity contribution < 1.29 is 0 Å². The topological polar surface area (TPSA) is 15.3 Å². The van der Waals surface area contributed by atoms with Crippen molar-refractivity contribution in [2.45, 2.75) is 13.0 Å². The SMILES string of the molecule is CCNC1CN(I)C1. The fourth-order valence-electron chi connectivity index (χ4n) is 0.843. The number of nitrogens with zero attached hydrogens (tertiary/aromatic N) is 1. The second-order valence-corrected chi connectivity index (χ2v) is 3.45. The van der Waals surface area contributed by atoms with Crippen LogP contribution in [0.2, 0.25) is 0 Å². The van der Waals surface area contributed by atoms with E-state index in [1.807, 2.05) is 0 Å². The summed E-state index contributed by atoms with van der Waals surface area (Å²) in [5.41, 5.74) is 0. The second kappa shape index (κ2) is 2.98. The third kappa shape index (κ3) is 1.56. The lowest BCUT2D eigenvalue weighted by molar-refractivity contribution is 0.273. The van der Waals surface area contributed by atoms with E-state index in [2.05, 4.69) is 38.2 Å². The summed E-state index contributed by atoms with van der Waals surface area (Å²) in [6.07, 6.45) is 0. The highest BCUT2D eigenvalue weighted by molar-refractivity contribution is 14.1. The van der Waals surface area contributed by atoms with Gasteiger partial charge in [-0.15, -0.1) is 0 Å². The van der Waals surface area contributed by atoms with Crippen LogP contribution in [0.4, 0.5) is 0 Å². The molecule has 1 rings (SSSR count). The number of rotatable bonds is 2. The van der Waals surface area contributed by atoms with Crippen molar-refractivity contribution in [1.82, 2.24) is 8.43 Å². The van der Waals surface area contributed by atoms with Crippen LogP contribution >= 0.6 is 22.9 Å². The van der Waals surface area contributed by atoms with E-state index >= 15 is 0 Å². The molecule has 0 aliphatic carbocycles. The summed E-state index contributed by atoms with van der Waals surface area (Å²) in [6.45, 7) is 5.69. The molecule has 1 fully saturated rings. The van der Waals surface area contributed by atoms with Crippen LogP contribution in [0.5, 0.6) is 0 Å². The van der Waals surface area contributed by atoms with Crippen LogP contribution in [-0.4, -0.2) is 28.8 Å². The Bertz CT molecular complexity index is 68.1. The summed E-state index contributed by atoms with van der Waals surface area (Å²) < 4.78 is 2.28. The van der Waals surface area contributed by atoms with Gasteiger partial charge < -0.3 is 5.32 Å². The average molecular weight is 226 g/mol. The van der Waals surface area contributed by atoms with Crippen molar-refractivity contribution in [3.05, 3.63) is 0 Å². The molecule has 1 aliphatic rings. The number of hydrogen-bond acceptors (Lipinski definition) is 2. The molecule has 0 aromatic heterocycles. The van der Waals surface area contributed by atoms with Crippen molar-refractivity contribution >= 4 is 22.9 Å². The molecule has 0 saturated carbocycles. The van der Waals surface area contributed by atoms with Gasteiger partial charge in [-0.3, -0.25) is 0 Å². The van der Waals surface area contributed by atoms with Gasteiger partial charge in [0.25, 0.3) is 0 Å². The summed E-state index contributed by atoms with van der Waals surface area (Å²) >= 11 is 2.34. The first-order valence-corrected chi connectivity index (χ1v) is 3.93. The standard InChI is InChI=1S/C5H11IN2/c1-2-7-5-3-8(6)4-5/h5,7H,2-4H2,1H3. The largest absolute Gasteiger partial charge is 0.312 e. The highest BCUT2D eigenvalue weighted by Gasteiger charge is 2.22. The molecule has 0 atom stereocenters. The lowest BCUT2D eigenvalue weighted by Gasteiger charge is -2.34. The van der Waals surface area contributed by atoms with Gasteiger partial charge in [-0.05, 0) is 6.54 Å². The number of hydrogen-bond donors (Lipinski definition) is 1. The minimum atomic E-state index is 0.775. The van der Waals surface area contributed by atoms with Crippen molar-refractivity contribution in [1.29, 1.82) is 0 Å². The molecular formula is C5H11IN2. The summed E-state index contributed by atoms with van der Waals surface area (Å²) in [6, 6.07) is 0.775. The first-order valence-electron chi connectivity index (χ1n) is 2.97. The quantitative estimate of drug-likeness (QED) is 0.548. The normalized spacial score (nSPS) is 23.2. The molecular weight excluding hydrogens is 215 g/mol. The fraction of sp³-hybridized carbons (Fsp3) is 1.00. The van der Waals surface area contributed by atoms with Crippen LogP contribution in [0.15, 0.2) is 0 Å². The third-order valence-electron chi connectivity index (χ3n) is 1.33. The Balaban J connectivity index is 1.98. The molecule has 3 heteroatoms. The van der Waals surface area contributed by atoms with Gasteiger partial charge in [0, 0.05) is 42.0 Å². The summed E-state index contributed by atoms with van der Waals surface area (Å²) in [7, 11) is 0. The molecule has 0 spiro atoms. The van der Waals surface area contributed by atoms with E-state index in [4.69, 9.17) is 0 Å². The Labute approximate surface area is 64.1 Å². The Morgan fingerprint density at radius 1 is 1.75 bits per heavy atom. The van der Waals surface area contributed by atoms with E-state index in [9.17, 15) is 0 Å². The summed E-state index contributed by atoms with van der Waals surface area (Å²) in [5.74, 6) is 0. The van der Waals surface area contributed by atoms with Crippen LogP contribution in [-0.2, 0) is 0 Å². The van der Waals surface area contributed by atoms with Gasteiger partial charge in [0.15, 0.2) is 0 Å². The van der Waals surface area contributed by atoms with Crippen molar-refractivity contribution in [2.75, 3.05) is 19.6 Å². The number of halogens is 1. The Hall–Kier alpha value is 0.650. The molecule has 1 N–H and O–H groups in total. The molecule has 1 heterocycles. The summed E-state index contributed by atoms with van der Waals surface area (Å²) in [4.78, 5) is 0. The van der Waals surface area contributed by atoms with Crippen LogP contribution in [0.25, 0.3) is 0 Å². The van der Waals surface area contributed by atoms with Crippen LogP contribution in [0.1, 0.15) is 6.92 Å². The highest BCUT2D eigenvalue weighted by Crippen LogP contribution is 2.11. The molecule has 0 aromatic carbocycles. The van der Waals surface area contributed by atoms with Crippen LogP contribution in [0, 0.1) is 0 Å². The zero-order valence-electron chi connectivity index (χ0n) is 5.02. The molecule has 48 valence electrons. The van der Waals surface area contributed by atoms with Crippen molar-refractivity contribution in [3.63, 3.8) is 0 Å². The number of nitrogens with one attached hydrogen (secondary N) is 1. The molecule has 0 unspecified atom stereocenters. The Morgan fingerprint density at radius 2 is 2.38 bits per heavy atom. The molecule has 1 aliphatic heterocycles. The van der Waals surface area contributed by atoms with Crippen LogP contribution < -0.4 is 5.32 Å². The van der Waals surface area contributed by atoms with Gasteiger partial charge in [-0.2, -0.15) is 0 Å². The molecule has 0 bridgehead atoms. The predicted molar refractivity (Wildman–Crippen MR) is 43.1 cm³/mol. The second-order valence-electron chi connectivity index (χ2n) is 2.08. The maximum absolute atomic E-state index is 3.37.